The summed E-state index contributed by atoms with van der Waals surface area (Å²) in [5.41, 5.74) is 6.71. The Morgan fingerprint density at radius 1 is 1.17 bits per heavy atom. The van der Waals surface area contributed by atoms with Gasteiger partial charge in [-0.05, 0) is 45.4 Å². The molecule has 2 saturated carbocycles. The van der Waals surface area contributed by atoms with Gasteiger partial charge >= 0.3 is 0 Å². The first kappa shape index (κ1) is 8.52. The van der Waals surface area contributed by atoms with Crippen molar-refractivity contribution in [3.05, 3.63) is 0 Å². The largest absolute Gasteiger partial charge is 0.324 e. The van der Waals surface area contributed by atoms with Gasteiger partial charge in [-0.15, -0.1) is 0 Å². The Bertz CT molecular complexity index is 149. The van der Waals surface area contributed by atoms with Crippen LogP contribution in [0.4, 0.5) is 0 Å². The Labute approximate surface area is 74.9 Å². The fourth-order valence-corrected chi connectivity index (χ4v) is 2.08. The number of hydrogen-bond donors (Lipinski definition) is 2. The molecule has 12 heavy (non-hydrogen) atoms. The van der Waals surface area contributed by atoms with Gasteiger partial charge in [0.15, 0.2) is 0 Å². The summed E-state index contributed by atoms with van der Waals surface area (Å²) in [5, 5.41) is 3.61. The normalized spacial score (nSPS) is 30.5. The molecule has 0 bridgehead atoms. The van der Waals surface area contributed by atoms with E-state index in [0.717, 1.165) is 6.54 Å². The molecule has 0 aromatic rings. The van der Waals surface area contributed by atoms with E-state index in [0.29, 0.717) is 5.54 Å². The molecular weight excluding hydrogens is 148 g/mol. The van der Waals surface area contributed by atoms with Crippen LogP contribution in [0, 0.1) is 0 Å². The highest BCUT2D eigenvalue weighted by Crippen LogP contribution is 2.33. The monoisotopic (exact) mass is 168 g/mol. The van der Waals surface area contributed by atoms with Gasteiger partial charge in [-0.3, -0.25) is 0 Å². The number of nitrogens with one attached hydrogen (secondary N) is 1. The molecule has 0 spiro atoms. The molecule has 0 aliphatic heterocycles. The zero-order valence-electron chi connectivity index (χ0n) is 8.03. The summed E-state index contributed by atoms with van der Waals surface area (Å²) in [6.45, 7) is 3.35. The van der Waals surface area contributed by atoms with Crippen molar-refractivity contribution in [1.82, 2.24) is 5.32 Å². The quantitative estimate of drug-likeness (QED) is 0.668. The zero-order chi connectivity index (χ0) is 8.66. The van der Waals surface area contributed by atoms with Crippen molar-refractivity contribution in [3.63, 3.8) is 0 Å². The van der Waals surface area contributed by atoms with E-state index in [1.165, 1.54) is 38.5 Å². The van der Waals surface area contributed by atoms with Crippen LogP contribution < -0.4 is 11.1 Å². The minimum Gasteiger partial charge on any atom is -0.324 e. The van der Waals surface area contributed by atoms with E-state index in [4.69, 9.17) is 5.73 Å². The zero-order valence-corrected chi connectivity index (χ0v) is 8.03. The van der Waals surface area contributed by atoms with Crippen molar-refractivity contribution in [1.29, 1.82) is 0 Å². The minimum atomic E-state index is 0.151. The molecule has 70 valence electrons. The maximum atomic E-state index is 6.13. The molecule has 2 nitrogen and oxygen atoms in total. The van der Waals surface area contributed by atoms with E-state index in [1.54, 1.807) is 0 Å². The lowest BCUT2D eigenvalue weighted by molar-refractivity contribution is 0.158. The summed E-state index contributed by atoms with van der Waals surface area (Å²) in [5.74, 6) is 0. The van der Waals surface area contributed by atoms with Crippen LogP contribution >= 0.6 is 0 Å². The molecule has 2 aliphatic rings. The van der Waals surface area contributed by atoms with Crippen LogP contribution in [0.5, 0.6) is 0 Å². The van der Waals surface area contributed by atoms with Crippen molar-refractivity contribution in [2.24, 2.45) is 5.73 Å². The van der Waals surface area contributed by atoms with Gasteiger partial charge in [-0.2, -0.15) is 0 Å². The van der Waals surface area contributed by atoms with Gasteiger partial charge in [0, 0.05) is 17.6 Å². The highest BCUT2D eigenvalue weighted by Gasteiger charge is 2.37. The van der Waals surface area contributed by atoms with Crippen LogP contribution in [0.2, 0.25) is 0 Å². The number of hydrogen-bond acceptors (Lipinski definition) is 2. The predicted molar refractivity (Wildman–Crippen MR) is 51.0 cm³/mol. The summed E-state index contributed by atoms with van der Waals surface area (Å²) in [7, 11) is 0. The van der Waals surface area contributed by atoms with E-state index < -0.39 is 0 Å². The van der Waals surface area contributed by atoms with Crippen LogP contribution in [-0.2, 0) is 0 Å². The Morgan fingerprint density at radius 2 is 1.75 bits per heavy atom. The van der Waals surface area contributed by atoms with E-state index in [2.05, 4.69) is 12.2 Å². The van der Waals surface area contributed by atoms with Crippen molar-refractivity contribution in [2.75, 3.05) is 6.54 Å². The summed E-state index contributed by atoms with van der Waals surface area (Å²) in [6, 6.07) is 0. The van der Waals surface area contributed by atoms with Gasteiger partial charge in [-0.25, -0.2) is 0 Å². The topological polar surface area (TPSA) is 38.0 Å². The van der Waals surface area contributed by atoms with Gasteiger partial charge in [0.1, 0.15) is 0 Å². The Kier molecular flexibility index (Phi) is 1.92. The van der Waals surface area contributed by atoms with E-state index >= 15 is 0 Å². The highest BCUT2D eigenvalue weighted by molar-refractivity contribution is 4.99. The third-order valence-corrected chi connectivity index (χ3v) is 3.67. The summed E-state index contributed by atoms with van der Waals surface area (Å²) >= 11 is 0. The molecule has 3 N–H and O–H groups in total. The lowest BCUT2D eigenvalue weighted by Crippen LogP contribution is -2.60. The van der Waals surface area contributed by atoms with Gasteiger partial charge in [0.05, 0.1) is 0 Å². The molecule has 2 heteroatoms. The lowest BCUT2D eigenvalue weighted by Gasteiger charge is -2.45. The molecule has 0 amide bonds. The Hall–Kier alpha value is -0.0800. The smallest absolute Gasteiger partial charge is 0.0281 e. The van der Waals surface area contributed by atoms with Crippen LogP contribution in [0.1, 0.15) is 45.4 Å². The molecule has 0 unspecified atom stereocenters. The van der Waals surface area contributed by atoms with Crippen molar-refractivity contribution < 1.29 is 0 Å². The Morgan fingerprint density at radius 3 is 2.08 bits per heavy atom. The van der Waals surface area contributed by atoms with E-state index in [9.17, 15) is 0 Å². The fourth-order valence-electron chi connectivity index (χ4n) is 2.08. The maximum Gasteiger partial charge on any atom is 0.0281 e. The van der Waals surface area contributed by atoms with Crippen LogP contribution in [0.3, 0.4) is 0 Å². The second-order valence-corrected chi connectivity index (χ2v) is 4.98. The maximum absolute atomic E-state index is 6.13. The van der Waals surface area contributed by atoms with Gasteiger partial charge in [0.2, 0.25) is 0 Å². The standard InChI is InChI=1S/C10H20N2/c1-9(4-2-5-9)12-8-10(11)6-3-7-10/h12H,2-8,11H2,1H3. The molecule has 2 rings (SSSR count). The molecule has 2 aliphatic carbocycles. The molecule has 0 saturated heterocycles. The molecule has 0 atom stereocenters. The summed E-state index contributed by atoms with van der Waals surface area (Å²) < 4.78 is 0. The minimum absolute atomic E-state index is 0.151. The molecule has 0 aromatic heterocycles. The van der Waals surface area contributed by atoms with Crippen LogP contribution in [-0.4, -0.2) is 17.6 Å². The SMILES string of the molecule is CC1(NCC2(N)CCC2)CCC1. The van der Waals surface area contributed by atoms with E-state index in [1.807, 2.05) is 0 Å². The average Bonchev–Trinajstić information content (AvgIpc) is 1.93. The van der Waals surface area contributed by atoms with Gasteiger partial charge < -0.3 is 11.1 Å². The highest BCUT2D eigenvalue weighted by atomic mass is 15.0. The van der Waals surface area contributed by atoms with Crippen molar-refractivity contribution >= 4 is 0 Å². The second-order valence-electron chi connectivity index (χ2n) is 4.98. The van der Waals surface area contributed by atoms with Gasteiger partial charge in [-0.1, -0.05) is 0 Å². The van der Waals surface area contributed by atoms with E-state index in [-0.39, 0.29) is 5.54 Å². The second kappa shape index (κ2) is 2.71. The molecule has 2 fully saturated rings. The fraction of sp³-hybridized carbons (Fsp3) is 1.00. The van der Waals surface area contributed by atoms with Crippen molar-refractivity contribution in [3.8, 4) is 0 Å². The number of rotatable bonds is 3. The molecule has 0 heterocycles. The van der Waals surface area contributed by atoms with Crippen LogP contribution in [0.25, 0.3) is 0 Å². The van der Waals surface area contributed by atoms with Crippen molar-refractivity contribution in [2.45, 2.75) is 56.5 Å². The van der Waals surface area contributed by atoms with Crippen LogP contribution in [0.15, 0.2) is 0 Å². The molecule has 0 aromatic carbocycles. The first-order valence-electron chi connectivity index (χ1n) is 5.16. The summed E-state index contributed by atoms with van der Waals surface area (Å²) in [6.07, 6.45) is 7.83. The predicted octanol–water partition coefficient (Wildman–Crippen LogP) is 1.40. The molecular formula is C10H20N2. The molecule has 0 radical (unpaired) electrons. The average molecular weight is 168 g/mol. The van der Waals surface area contributed by atoms with Gasteiger partial charge in [0.25, 0.3) is 0 Å². The third kappa shape index (κ3) is 1.50. The Balaban J connectivity index is 1.74. The first-order valence-corrected chi connectivity index (χ1v) is 5.16. The first-order chi connectivity index (χ1) is 5.62. The third-order valence-electron chi connectivity index (χ3n) is 3.67. The number of nitrogens with two attached hydrogens (primary N) is 1. The summed E-state index contributed by atoms with van der Waals surface area (Å²) in [4.78, 5) is 0. The lowest BCUT2D eigenvalue weighted by atomic mass is 9.74.